The summed E-state index contributed by atoms with van der Waals surface area (Å²) in [5.41, 5.74) is 2.38. The van der Waals surface area contributed by atoms with Gasteiger partial charge in [-0.25, -0.2) is 4.98 Å². The van der Waals surface area contributed by atoms with Crippen LogP contribution in [0.4, 0.5) is 5.13 Å². The molecule has 0 atom stereocenters. The Bertz CT molecular complexity index is 1030. The average molecular weight is 462 g/mol. The highest BCUT2D eigenvalue weighted by atomic mass is 35.5. The van der Waals surface area contributed by atoms with Crippen LogP contribution < -0.4 is 14.4 Å². The molecule has 0 aliphatic rings. The molecule has 1 heterocycles. The number of nitrogens with zero attached hydrogens (tertiary/aromatic N) is 3. The third-order valence-corrected chi connectivity index (χ3v) is 6.26. The zero-order valence-corrected chi connectivity index (χ0v) is 20.1. The number of hydrogen-bond donors (Lipinski definition) is 0. The van der Waals surface area contributed by atoms with Crippen molar-refractivity contribution in [1.29, 1.82) is 0 Å². The number of aryl methyl sites for hydroxylation is 1. The Hall–Kier alpha value is -2.35. The zero-order chi connectivity index (χ0) is 22.5. The van der Waals surface area contributed by atoms with E-state index >= 15 is 0 Å². The molecule has 0 saturated carbocycles. The molecule has 0 aliphatic carbocycles. The van der Waals surface area contributed by atoms with E-state index in [1.54, 1.807) is 23.1 Å². The van der Waals surface area contributed by atoms with Gasteiger partial charge in [0.1, 0.15) is 0 Å². The first kappa shape index (κ1) is 23.3. The summed E-state index contributed by atoms with van der Waals surface area (Å²) in [6, 6.07) is 9.11. The highest BCUT2D eigenvalue weighted by molar-refractivity contribution is 7.23. The number of rotatable bonds is 9. The number of likely N-dealkylation sites (N-methyl/N-ethyl adjacent to an activating group) is 1. The molecule has 166 valence electrons. The Morgan fingerprint density at radius 2 is 1.77 bits per heavy atom. The van der Waals surface area contributed by atoms with Crippen molar-refractivity contribution >= 4 is 44.2 Å². The third kappa shape index (κ3) is 5.29. The van der Waals surface area contributed by atoms with Gasteiger partial charge in [-0.15, -0.1) is 0 Å². The minimum absolute atomic E-state index is 0.140. The van der Waals surface area contributed by atoms with Crippen LogP contribution in [-0.4, -0.2) is 56.2 Å². The Morgan fingerprint density at radius 3 is 2.42 bits per heavy atom. The summed E-state index contributed by atoms with van der Waals surface area (Å²) in [4.78, 5) is 22.1. The molecule has 1 aromatic heterocycles. The van der Waals surface area contributed by atoms with Crippen LogP contribution in [0, 0.1) is 6.92 Å². The lowest BCUT2D eigenvalue weighted by Crippen LogP contribution is -2.36. The van der Waals surface area contributed by atoms with Crippen molar-refractivity contribution in [2.45, 2.75) is 20.8 Å². The van der Waals surface area contributed by atoms with Gasteiger partial charge in [-0.2, -0.15) is 0 Å². The van der Waals surface area contributed by atoms with Gasteiger partial charge in [0.2, 0.25) is 0 Å². The van der Waals surface area contributed by atoms with E-state index in [-0.39, 0.29) is 5.91 Å². The molecule has 0 spiro atoms. The maximum Gasteiger partial charge on any atom is 0.260 e. The van der Waals surface area contributed by atoms with Gasteiger partial charge in [0.05, 0.1) is 28.5 Å². The van der Waals surface area contributed by atoms with Crippen molar-refractivity contribution < 1.29 is 14.3 Å². The molecule has 0 fully saturated rings. The van der Waals surface area contributed by atoms with Gasteiger partial charge in [-0.1, -0.05) is 29.0 Å². The first-order valence-electron chi connectivity index (χ1n) is 10.3. The number of carbonyl (C=O) groups excluding carboxylic acids is 1. The summed E-state index contributed by atoms with van der Waals surface area (Å²) in [5.74, 6) is 1.05. The van der Waals surface area contributed by atoms with Crippen LogP contribution >= 0.6 is 22.9 Å². The van der Waals surface area contributed by atoms with Crippen molar-refractivity contribution in [3.8, 4) is 11.5 Å². The van der Waals surface area contributed by atoms with Crippen LogP contribution in [0.25, 0.3) is 10.2 Å². The van der Waals surface area contributed by atoms with Gasteiger partial charge in [0.15, 0.2) is 16.6 Å². The van der Waals surface area contributed by atoms with Gasteiger partial charge in [0.25, 0.3) is 5.91 Å². The Labute approximate surface area is 192 Å². The number of anilines is 1. The van der Waals surface area contributed by atoms with Gasteiger partial charge in [-0.3, -0.25) is 9.69 Å². The fourth-order valence-electron chi connectivity index (χ4n) is 3.13. The van der Waals surface area contributed by atoms with Gasteiger partial charge in [0, 0.05) is 18.7 Å². The van der Waals surface area contributed by atoms with E-state index in [4.69, 9.17) is 26.1 Å². The zero-order valence-electron chi connectivity index (χ0n) is 18.6. The smallest absolute Gasteiger partial charge is 0.260 e. The first-order valence-corrected chi connectivity index (χ1v) is 11.5. The van der Waals surface area contributed by atoms with Crippen LogP contribution in [0.15, 0.2) is 30.3 Å². The van der Waals surface area contributed by atoms with Crippen LogP contribution in [0.1, 0.15) is 29.8 Å². The molecule has 6 nitrogen and oxygen atoms in total. The van der Waals surface area contributed by atoms with Crippen molar-refractivity contribution in [1.82, 2.24) is 9.88 Å². The van der Waals surface area contributed by atoms with E-state index in [1.807, 2.05) is 51.9 Å². The normalized spacial score (nSPS) is 11.2. The molecule has 0 aliphatic heterocycles. The second-order valence-electron chi connectivity index (χ2n) is 7.33. The van der Waals surface area contributed by atoms with Crippen LogP contribution in [0.2, 0.25) is 5.02 Å². The number of benzene rings is 2. The molecule has 0 bridgehead atoms. The number of hydrogen-bond acceptors (Lipinski definition) is 6. The van der Waals surface area contributed by atoms with E-state index in [0.717, 1.165) is 15.8 Å². The largest absolute Gasteiger partial charge is 0.490 e. The first-order chi connectivity index (χ1) is 14.8. The Balaban J connectivity index is 2.03. The number of halogens is 1. The molecule has 0 unspecified atom stereocenters. The third-order valence-electron chi connectivity index (χ3n) is 4.72. The van der Waals surface area contributed by atoms with Gasteiger partial charge >= 0.3 is 0 Å². The molecule has 0 saturated heterocycles. The molecule has 3 rings (SSSR count). The van der Waals surface area contributed by atoms with E-state index in [0.29, 0.717) is 53.5 Å². The summed E-state index contributed by atoms with van der Waals surface area (Å²) in [5, 5.41) is 1.27. The molecule has 2 aromatic carbocycles. The number of carbonyl (C=O) groups is 1. The fraction of sp³-hybridized carbons (Fsp3) is 0.391. The average Bonchev–Trinajstić information content (AvgIpc) is 3.19. The fourth-order valence-corrected chi connectivity index (χ4v) is 4.47. The molecule has 1 amide bonds. The standard InChI is InChI=1S/C23H28ClN3O3S/c1-6-29-18-11-9-16(14-19(18)30-7-2)22(28)27(13-12-26(4)5)23-25-20-15(3)8-10-17(24)21(20)31-23/h8-11,14H,6-7,12-13H2,1-5H3. The summed E-state index contributed by atoms with van der Waals surface area (Å²) >= 11 is 7.84. The highest BCUT2D eigenvalue weighted by Gasteiger charge is 2.24. The number of thiazole rings is 1. The maximum atomic E-state index is 13.6. The quantitative estimate of drug-likeness (QED) is 0.434. The molecule has 8 heteroatoms. The van der Waals surface area contributed by atoms with Crippen molar-refractivity contribution in [2.75, 3.05) is 45.3 Å². The number of ether oxygens (including phenoxy) is 2. The van der Waals surface area contributed by atoms with E-state index in [2.05, 4.69) is 0 Å². The lowest BCUT2D eigenvalue weighted by atomic mass is 10.1. The molecular formula is C23H28ClN3O3S. The van der Waals surface area contributed by atoms with Crippen LogP contribution in [0.3, 0.4) is 0 Å². The van der Waals surface area contributed by atoms with E-state index in [9.17, 15) is 4.79 Å². The lowest BCUT2D eigenvalue weighted by Gasteiger charge is -2.22. The monoisotopic (exact) mass is 461 g/mol. The van der Waals surface area contributed by atoms with E-state index < -0.39 is 0 Å². The number of fused-ring (bicyclic) bond motifs is 1. The summed E-state index contributed by atoms with van der Waals surface area (Å²) in [6.07, 6.45) is 0. The van der Waals surface area contributed by atoms with Gasteiger partial charge < -0.3 is 14.4 Å². The second-order valence-corrected chi connectivity index (χ2v) is 8.71. The Kier molecular flexibility index (Phi) is 7.75. The summed E-state index contributed by atoms with van der Waals surface area (Å²) in [7, 11) is 3.96. The Morgan fingerprint density at radius 1 is 1.06 bits per heavy atom. The highest BCUT2D eigenvalue weighted by Crippen LogP contribution is 2.36. The van der Waals surface area contributed by atoms with Crippen molar-refractivity contribution in [2.24, 2.45) is 0 Å². The molecular weight excluding hydrogens is 434 g/mol. The van der Waals surface area contributed by atoms with Crippen LogP contribution in [0.5, 0.6) is 11.5 Å². The van der Waals surface area contributed by atoms with E-state index in [1.165, 1.54) is 11.3 Å². The SMILES string of the molecule is CCOc1ccc(C(=O)N(CCN(C)C)c2nc3c(C)ccc(Cl)c3s2)cc1OCC. The molecule has 0 radical (unpaired) electrons. The van der Waals surface area contributed by atoms with Crippen molar-refractivity contribution in [3.05, 3.63) is 46.5 Å². The minimum atomic E-state index is -0.140. The number of amides is 1. The lowest BCUT2D eigenvalue weighted by molar-refractivity contribution is 0.0984. The van der Waals surface area contributed by atoms with Gasteiger partial charge in [-0.05, 0) is 64.7 Å². The number of aromatic nitrogens is 1. The predicted octanol–water partition coefficient (Wildman–Crippen LogP) is 5.26. The molecule has 3 aromatic rings. The molecule has 31 heavy (non-hydrogen) atoms. The minimum Gasteiger partial charge on any atom is -0.490 e. The summed E-state index contributed by atoms with van der Waals surface area (Å²) < 4.78 is 12.2. The second kappa shape index (κ2) is 10.3. The summed E-state index contributed by atoms with van der Waals surface area (Å²) in [6.45, 7) is 8.02. The predicted molar refractivity (Wildman–Crippen MR) is 128 cm³/mol. The molecule has 0 N–H and O–H groups in total. The maximum absolute atomic E-state index is 13.6. The van der Waals surface area contributed by atoms with Crippen LogP contribution in [-0.2, 0) is 0 Å². The topological polar surface area (TPSA) is 54.9 Å². The van der Waals surface area contributed by atoms with Crippen molar-refractivity contribution in [3.63, 3.8) is 0 Å².